The van der Waals surface area contributed by atoms with E-state index in [1.54, 1.807) is 6.92 Å². The molecule has 6 heteroatoms. The molecule has 0 bridgehead atoms. The smallest absolute Gasteiger partial charge is 0.155 e. The number of hydrogen-bond acceptors (Lipinski definition) is 6. The van der Waals surface area contributed by atoms with E-state index >= 15 is 0 Å². The van der Waals surface area contributed by atoms with Crippen LogP contribution in [0.2, 0.25) is 0 Å². The molecule has 2 N–H and O–H groups in total. The number of rotatable bonds is 6. The van der Waals surface area contributed by atoms with E-state index in [1.807, 2.05) is 0 Å². The van der Waals surface area contributed by atoms with Crippen molar-refractivity contribution < 1.29 is 24.8 Å². The Bertz CT molecular complexity index is 138. The van der Waals surface area contributed by atoms with Gasteiger partial charge in [0.05, 0.1) is 12.0 Å². The number of carbonyl (C=O) groups excluding carboxylic acids is 1. The Hall–Kier alpha value is -0.530. The summed E-state index contributed by atoms with van der Waals surface area (Å²) in [6, 6.07) is 0. The van der Waals surface area contributed by atoms with Crippen molar-refractivity contribution in [1.29, 1.82) is 0 Å². The standard InChI is InChI=1S/C6H13NO5/c1-5(8)3-11-4-6(2)12-7(9)10/h6,9-10H,3-4H2,1-2H3. The topological polar surface area (TPSA) is 79.2 Å². The minimum atomic E-state index is -0.514. The number of hydrogen-bond donors (Lipinski definition) is 2. The first-order chi connectivity index (χ1) is 5.52. The van der Waals surface area contributed by atoms with Crippen LogP contribution in [-0.2, 0) is 14.4 Å². The third kappa shape index (κ3) is 7.58. The molecule has 6 nitrogen and oxygen atoms in total. The maximum absolute atomic E-state index is 10.4. The largest absolute Gasteiger partial charge is 0.371 e. The van der Waals surface area contributed by atoms with Gasteiger partial charge < -0.3 is 4.74 Å². The molecule has 1 unspecified atom stereocenters. The highest BCUT2D eigenvalue weighted by atomic mass is 17.1. The van der Waals surface area contributed by atoms with Crippen molar-refractivity contribution in [3.05, 3.63) is 0 Å². The molecule has 0 aromatic carbocycles. The fourth-order valence-electron chi connectivity index (χ4n) is 0.560. The second kappa shape index (κ2) is 6.04. The first kappa shape index (κ1) is 11.5. The van der Waals surface area contributed by atoms with E-state index in [4.69, 9.17) is 15.2 Å². The molecular formula is C6H13NO5. The van der Waals surface area contributed by atoms with Crippen molar-refractivity contribution in [1.82, 2.24) is 5.39 Å². The first-order valence-electron chi connectivity index (χ1n) is 3.44. The summed E-state index contributed by atoms with van der Waals surface area (Å²) in [7, 11) is 0. The van der Waals surface area contributed by atoms with Crippen LogP contribution < -0.4 is 0 Å². The zero-order valence-corrected chi connectivity index (χ0v) is 7.06. The quantitative estimate of drug-likeness (QED) is 0.558. The van der Waals surface area contributed by atoms with Crippen molar-refractivity contribution in [2.45, 2.75) is 20.0 Å². The summed E-state index contributed by atoms with van der Waals surface area (Å²) in [4.78, 5) is 14.7. The molecule has 0 saturated carbocycles. The highest BCUT2D eigenvalue weighted by molar-refractivity contribution is 5.76. The normalized spacial score (nSPS) is 13.4. The van der Waals surface area contributed by atoms with Crippen LogP contribution in [0, 0.1) is 0 Å². The van der Waals surface area contributed by atoms with Gasteiger partial charge in [0.1, 0.15) is 12.7 Å². The zero-order valence-electron chi connectivity index (χ0n) is 7.06. The predicted molar refractivity (Wildman–Crippen MR) is 37.5 cm³/mol. The van der Waals surface area contributed by atoms with Gasteiger partial charge in [-0.15, -0.1) is 0 Å². The van der Waals surface area contributed by atoms with Gasteiger partial charge in [0.2, 0.25) is 0 Å². The predicted octanol–water partition coefficient (Wildman–Crippen LogP) is -0.00750. The van der Waals surface area contributed by atoms with Gasteiger partial charge in [-0.1, -0.05) is 0 Å². The van der Waals surface area contributed by atoms with Crippen molar-refractivity contribution >= 4 is 5.78 Å². The van der Waals surface area contributed by atoms with E-state index in [2.05, 4.69) is 4.84 Å². The number of ether oxygens (including phenoxy) is 1. The van der Waals surface area contributed by atoms with Gasteiger partial charge in [-0.3, -0.25) is 15.2 Å². The van der Waals surface area contributed by atoms with Gasteiger partial charge in [0.15, 0.2) is 5.78 Å². The van der Waals surface area contributed by atoms with E-state index < -0.39 is 6.10 Å². The molecule has 0 rings (SSSR count). The van der Waals surface area contributed by atoms with Crippen molar-refractivity contribution in [2.75, 3.05) is 13.2 Å². The van der Waals surface area contributed by atoms with Gasteiger partial charge in [-0.2, -0.15) is 0 Å². The molecule has 0 saturated heterocycles. The summed E-state index contributed by atoms with van der Waals surface area (Å²) in [6.45, 7) is 3.09. The summed E-state index contributed by atoms with van der Waals surface area (Å²) >= 11 is 0. The highest BCUT2D eigenvalue weighted by Crippen LogP contribution is 1.92. The Labute approximate surface area is 70.2 Å². The van der Waals surface area contributed by atoms with Crippen LogP contribution in [0.5, 0.6) is 0 Å². The fraction of sp³-hybridized carbons (Fsp3) is 0.833. The SMILES string of the molecule is CC(=O)COCC(C)ON(O)O. The molecule has 72 valence electrons. The lowest BCUT2D eigenvalue weighted by Crippen LogP contribution is -2.26. The molecule has 0 fully saturated rings. The Morgan fingerprint density at radius 2 is 2.17 bits per heavy atom. The summed E-state index contributed by atoms with van der Waals surface area (Å²) in [5.41, 5.74) is 0. The van der Waals surface area contributed by atoms with E-state index in [0.717, 1.165) is 0 Å². The highest BCUT2D eigenvalue weighted by Gasteiger charge is 2.06. The van der Waals surface area contributed by atoms with E-state index in [1.165, 1.54) is 6.92 Å². The molecule has 0 amide bonds. The maximum atomic E-state index is 10.4. The summed E-state index contributed by atoms with van der Waals surface area (Å²) in [5.74, 6) is -0.0907. The van der Waals surface area contributed by atoms with Crippen LogP contribution in [-0.4, -0.2) is 40.9 Å². The number of nitrogens with zero attached hydrogens (tertiary/aromatic N) is 1. The molecule has 0 aliphatic heterocycles. The maximum Gasteiger partial charge on any atom is 0.155 e. The Morgan fingerprint density at radius 3 is 2.58 bits per heavy atom. The van der Waals surface area contributed by atoms with Crippen LogP contribution in [0.25, 0.3) is 0 Å². The Morgan fingerprint density at radius 1 is 1.58 bits per heavy atom. The molecule has 0 heterocycles. The molecule has 0 aromatic heterocycles. The van der Waals surface area contributed by atoms with Gasteiger partial charge in [-0.05, 0) is 13.8 Å². The summed E-state index contributed by atoms with van der Waals surface area (Å²) in [6.07, 6.45) is -0.514. The summed E-state index contributed by atoms with van der Waals surface area (Å²) < 4.78 is 4.83. The lowest BCUT2D eigenvalue weighted by molar-refractivity contribution is -0.504. The third-order valence-electron chi connectivity index (χ3n) is 0.932. The van der Waals surface area contributed by atoms with Crippen LogP contribution in [0.4, 0.5) is 0 Å². The molecule has 0 radical (unpaired) electrons. The number of Topliss-reactive ketones (excluding diaryl/α,β-unsaturated/α-hetero) is 1. The number of carbonyl (C=O) groups is 1. The van der Waals surface area contributed by atoms with Gasteiger partial charge in [0.25, 0.3) is 0 Å². The Kier molecular flexibility index (Phi) is 5.77. The average molecular weight is 179 g/mol. The summed E-state index contributed by atoms with van der Waals surface area (Å²) in [5, 5.41) is 16.0. The van der Waals surface area contributed by atoms with Gasteiger partial charge >= 0.3 is 0 Å². The zero-order chi connectivity index (χ0) is 9.56. The Balaban J connectivity index is 3.31. The lowest BCUT2D eigenvalue weighted by atomic mass is 10.4. The van der Waals surface area contributed by atoms with Crippen LogP contribution in [0.1, 0.15) is 13.8 Å². The fourth-order valence-corrected chi connectivity index (χ4v) is 0.560. The molecule has 0 aromatic rings. The van der Waals surface area contributed by atoms with Crippen LogP contribution >= 0.6 is 0 Å². The molecule has 12 heavy (non-hydrogen) atoms. The van der Waals surface area contributed by atoms with Crippen LogP contribution in [0.15, 0.2) is 0 Å². The molecule has 1 atom stereocenters. The first-order valence-corrected chi connectivity index (χ1v) is 3.44. The van der Waals surface area contributed by atoms with Crippen molar-refractivity contribution in [3.8, 4) is 0 Å². The second-order valence-corrected chi connectivity index (χ2v) is 2.39. The van der Waals surface area contributed by atoms with Crippen molar-refractivity contribution in [2.24, 2.45) is 0 Å². The lowest BCUT2D eigenvalue weighted by Gasteiger charge is -2.13. The van der Waals surface area contributed by atoms with E-state index in [-0.39, 0.29) is 24.4 Å². The van der Waals surface area contributed by atoms with Crippen molar-refractivity contribution in [3.63, 3.8) is 0 Å². The minimum Gasteiger partial charge on any atom is -0.371 e. The van der Waals surface area contributed by atoms with E-state index in [0.29, 0.717) is 0 Å². The average Bonchev–Trinajstić information content (AvgIpc) is 1.84. The molecule has 0 spiro atoms. The monoisotopic (exact) mass is 179 g/mol. The number of ketones is 1. The second-order valence-electron chi connectivity index (χ2n) is 2.39. The molecular weight excluding hydrogens is 166 g/mol. The molecule has 0 aliphatic carbocycles. The minimum absolute atomic E-state index is 0.00452. The van der Waals surface area contributed by atoms with Gasteiger partial charge in [0, 0.05) is 0 Å². The third-order valence-corrected chi connectivity index (χ3v) is 0.932. The van der Waals surface area contributed by atoms with Crippen LogP contribution in [0.3, 0.4) is 0 Å². The van der Waals surface area contributed by atoms with E-state index in [9.17, 15) is 4.79 Å². The van der Waals surface area contributed by atoms with Gasteiger partial charge in [-0.25, -0.2) is 4.84 Å². The molecule has 0 aliphatic rings.